The first-order valence-electron chi connectivity index (χ1n) is 6.45. The van der Waals surface area contributed by atoms with Crippen molar-refractivity contribution >= 4 is 0 Å². The smallest absolute Gasteiger partial charge is 0.0833 e. The molecule has 98 valence electrons. The summed E-state index contributed by atoms with van der Waals surface area (Å²) >= 11 is 0. The van der Waals surface area contributed by atoms with E-state index in [1.54, 1.807) is 6.20 Å². The Balaban J connectivity index is 2.41. The van der Waals surface area contributed by atoms with Crippen LogP contribution in [0, 0.1) is 0 Å². The van der Waals surface area contributed by atoms with E-state index in [1.807, 2.05) is 24.7 Å². The molecule has 0 spiro atoms. The molecular weight excluding hydrogens is 216 g/mol. The number of hydrogen-bond donors (Lipinski definition) is 1. The van der Waals surface area contributed by atoms with Crippen molar-refractivity contribution in [1.82, 2.24) is 9.78 Å². The summed E-state index contributed by atoms with van der Waals surface area (Å²) in [6.07, 6.45) is 4.89. The maximum absolute atomic E-state index is 10.1. The lowest BCUT2D eigenvalue weighted by Crippen LogP contribution is -2.29. The highest BCUT2D eigenvalue weighted by molar-refractivity contribution is 5.00. The van der Waals surface area contributed by atoms with Crippen LogP contribution >= 0.6 is 0 Å². The summed E-state index contributed by atoms with van der Waals surface area (Å²) in [6.45, 7) is 4.74. The van der Waals surface area contributed by atoms with Gasteiger partial charge in [-0.1, -0.05) is 13.3 Å². The van der Waals surface area contributed by atoms with Crippen LogP contribution in [0.1, 0.15) is 38.8 Å². The normalized spacial score (nSPS) is 14.8. The van der Waals surface area contributed by atoms with Gasteiger partial charge in [-0.15, -0.1) is 0 Å². The Morgan fingerprint density at radius 2 is 2.18 bits per heavy atom. The van der Waals surface area contributed by atoms with Crippen molar-refractivity contribution in [2.45, 2.75) is 51.7 Å². The van der Waals surface area contributed by atoms with Gasteiger partial charge in [-0.05, 0) is 32.3 Å². The highest BCUT2D eigenvalue weighted by Gasteiger charge is 2.18. The van der Waals surface area contributed by atoms with E-state index in [2.05, 4.69) is 12.0 Å². The molecular formula is C13H24N2O2. The largest absolute Gasteiger partial charge is 0.390 e. The van der Waals surface area contributed by atoms with Crippen molar-refractivity contribution < 1.29 is 9.84 Å². The molecule has 2 atom stereocenters. The fraction of sp³-hybridized carbons (Fsp3) is 0.769. The van der Waals surface area contributed by atoms with E-state index in [9.17, 15) is 5.11 Å². The van der Waals surface area contributed by atoms with E-state index in [1.165, 1.54) is 0 Å². The maximum atomic E-state index is 10.1. The average molecular weight is 240 g/mol. The summed E-state index contributed by atoms with van der Waals surface area (Å²) in [5, 5.41) is 14.2. The number of aliphatic hydroxyl groups excluding tert-OH is 1. The minimum Gasteiger partial charge on any atom is -0.390 e. The van der Waals surface area contributed by atoms with Crippen LogP contribution in [0.3, 0.4) is 0 Å². The molecule has 0 saturated carbocycles. The molecule has 1 aromatic rings. The first kappa shape index (κ1) is 14.2. The minimum atomic E-state index is -0.384. The summed E-state index contributed by atoms with van der Waals surface area (Å²) in [4.78, 5) is 0. The van der Waals surface area contributed by atoms with Gasteiger partial charge in [0.2, 0.25) is 0 Å². The third-order valence-electron chi connectivity index (χ3n) is 3.00. The Morgan fingerprint density at radius 1 is 1.41 bits per heavy atom. The summed E-state index contributed by atoms with van der Waals surface area (Å²) in [7, 11) is 1.92. The molecule has 4 nitrogen and oxygen atoms in total. The second-order valence-corrected chi connectivity index (χ2v) is 4.33. The molecule has 1 rings (SSSR count). The molecule has 1 aromatic heterocycles. The molecule has 0 aliphatic rings. The van der Waals surface area contributed by atoms with Gasteiger partial charge in [-0.3, -0.25) is 4.68 Å². The quantitative estimate of drug-likeness (QED) is 0.755. The second kappa shape index (κ2) is 7.45. The zero-order chi connectivity index (χ0) is 12.7. The average Bonchev–Trinajstić information content (AvgIpc) is 2.71. The highest BCUT2D eigenvalue weighted by Crippen LogP contribution is 2.13. The Morgan fingerprint density at radius 3 is 2.71 bits per heavy atom. The monoisotopic (exact) mass is 240 g/mol. The van der Waals surface area contributed by atoms with Crippen molar-refractivity contribution in [3.63, 3.8) is 0 Å². The van der Waals surface area contributed by atoms with Crippen molar-refractivity contribution in [1.29, 1.82) is 0 Å². The number of hydrogen-bond acceptors (Lipinski definition) is 3. The van der Waals surface area contributed by atoms with Crippen LogP contribution in [0.15, 0.2) is 12.3 Å². The maximum Gasteiger partial charge on any atom is 0.0833 e. The molecule has 1 heterocycles. The molecule has 0 amide bonds. The van der Waals surface area contributed by atoms with Gasteiger partial charge < -0.3 is 9.84 Å². The first-order chi connectivity index (χ1) is 8.19. The van der Waals surface area contributed by atoms with Gasteiger partial charge in [0.15, 0.2) is 0 Å². The number of aromatic nitrogens is 2. The van der Waals surface area contributed by atoms with E-state index in [-0.39, 0.29) is 12.2 Å². The summed E-state index contributed by atoms with van der Waals surface area (Å²) in [5.41, 5.74) is 1.15. The standard InChI is InChI=1S/C13H24N2O2/c1-4-6-13(17-5-2)12(16)8-7-11-9-10-14-15(11)3/h9-10,12-13,16H,4-8H2,1-3H3. The van der Waals surface area contributed by atoms with Gasteiger partial charge in [0.25, 0.3) is 0 Å². The van der Waals surface area contributed by atoms with Crippen LogP contribution in [0.2, 0.25) is 0 Å². The third-order valence-corrected chi connectivity index (χ3v) is 3.00. The van der Waals surface area contributed by atoms with E-state index in [0.717, 1.165) is 31.4 Å². The molecule has 1 N–H and O–H groups in total. The van der Waals surface area contributed by atoms with Gasteiger partial charge in [0.05, 0.1) is 12.2 Å². The predicted molar refractivity (Wildman–Crippen MR) is 67.9 cm³/mol. The second-order valence-electron chi connectivity index (χ2n) is 4.33. The molecule has 0 radical (unpaired) electrons. The van der Waals surface area contributed by atoms with Crippen LogP contribution in [0.5, 0.6) is 0 Å². The van der Waals surface area contributed by atoms with Gasteiger partial charge in [0, 0.05) is 25.5 Å². The van der Waals surface area contributed by atoms with Crippen LogP contribution in [0.25, 0.3) is 0 Å². The Kier molecular flexibility index (Phi) is 6.22. The Hall–Kier alpha value is -0.870. The topological polar surface area (TPSA) is 47.3 Å². The fourth-order valence-corrected chi connectivity index (χ4v) is 2.01. The molecule has 0 bridgehead atoms. The third kappa shape index (κ3) is 4.48. The van der Waals surface area contributed by atoms with Crippen molar-refractivity contribution in [2.24, 2.45) is 7.05 Å². The lowest BCUT2D eigenvalue weighted by Gasteiger charge is -2.22. The van der Waals surface area contributed by atoms with Crippen LogP contribution < -0.4 is 0 Å². The van der Waals surface area contributed by atoms with E-state index in [0.29, 0.717) is 6.61 Å². The molecule has 0 aliphatic carbocycles. The van der Waals surface area contributed by atoms with E-state index < -0.39 is 0 Å². The summed E-state index contributed by atoms with van der Waals surface area (Å²) < 4.78 is 7.42. The van der Waals surface area contributed by atoms with E-state index in [4.69, 9.17) is 4.74 Å². The van der Waals surface area contributed by atoms with E-state index >= 15 is 0 Å². The zero-order valence-electron chi connectivity index (χ0n) is 11.1. The van der Waals surface area contributed by atoms with Gasteiger partial charge in [-0.25, -0.2) is 0 Å². The highest BCUT2D eigenvalue weighted by atomic mass is 16.5. The van der Waals surface area contributed by atoms with Crippen molar-refractivity contribution in [3.8, 4) is 0 Å². The summed E-state index contributed by atoms with van der Waals surface area (Å²) in [6, 6.07) is 1.99. The Bertz CT molecular complexity index is 306. The summed E-state index contributed by atoms with van der Waals surface area (Å²) in [5.74, 6) is 0. The van der Waals surface area contributed by atoms with Gasteiger partial charge >= 0.3 is 0 Å². The number of aliphatic hydroxyl groups is 1. The molecule has 0 aliphatic heterocycles. The van der Waals surface area contributed by atoms with Crippen LogP contribution in [-0.2, 0) is 18.2 Å². The molecule has 0 saturated heterocycles. The lowest BCUT2D eigenvalue weighted by atomic mass is 10.0. The molecule has 17 heavy (non-hydrogen) atoms. The number of nitrogens with zero attached hydrogens (tertiary/aromatic N) is 2. The van der Waals surface area contributed by atoms with Crippen LogP contribution in [0.4, 0.5) is 0 Å². The fourth-order valence-electron chi connectivity index (χ4n) is 2.01. The van der Waals surface area contributed by atoms with Gasteiger partial charge in [0.1, 0.15) is 0 Å². The van der Waals surface area contributed by atoms with Gasteiger partial charge in [-0.2, -0.15) is 5.10 Å². The van der Waals surface area contributed by atoms with Crippen LogP contribution in [-0.4, -0.2) is 33.7 Å². The number of ether oxygens (including phenoxy) is 1. The SMILES string of the molecule is CCCC(OCC)C(O)CCc1ccnn1C. The lowest BCUT2D eigenvalue weighted by molar-refractivity contribution is -0.0399. The molecule has 4 heteroatoms. The van der Waals surface area contributed by atoms with Crippen molar-refractivity contribution in [2.75, 3.05) is 6.61 Å². The number of rotatable bonds is 8. The molecule has 0 fully saturated rings. The predicted octanol–water partition coefficient (Wildman–Crippen LogP) is 1.92. The minimum absolute atomic E-state index is 0.0294. The number of aryl methyl sites for hydroxylation is 2. The molecule has 0 aromatic carbocycles. The Labute approximate surface area is 104 Å². The first-order valence-corrected chi connectivity index (χ1v) is 6.45. The zero-order valence-corrected chi connectivity index (χ0v) is 11.1. The van der Waals surface area contributed by atoms with Crippen molar-refractivity contribution in [3.05, 3.63) is 18.0 Å². The molecule has 2 unspecified atom stereocenters.